The molecule has 26 heavy (non-hydrogen) atoms. The first-order valence-corrected chi connectivity index (χ1v) is 9.83. The summed E-state index contributed by atoms with van der Waals surface area (Å²) in [4.78, 5) is 16.4. The van der Waals surface area contributed by atoms with E-state index in [9.17, 15) is 13.2 Å². The van der Waals surface area contributed by atoms with Crippen LogP contribution in [0.1, 0.15) is 25.7 Å². The van der Waals surface area contributed by atoms with Crippen molar-refractivity contribution in [3.8, 4) is 0 Å². The molecule has 1 fully saturated rings. The van der Waals surface area contributed by atoms with Gasteiger partial charge in [-0.2, -0.15) is 5.10 Å². The van der Waals surface area contributed by atoms with Gasteiger partial charge < -0.3 is 0 Å². The number of aromatic nitrogens is 1. The van der Waals surface area contributed by atoms with Crippen molar-refractivity contribution in [2.45, 2.75) is 30.6 Å². The Kier molecular flexibility index (Phi) is 5.62. The molecule has 0 aliphatic heterocycles. The SMILES string of the molecule is O=C(CN(c1cccnc1)S(=O)(=O)c1ccccc1)NN=C1CCCC1. The number of carbonyl (C=O) groups excluding carboxylic acids is 1. The zero-order valence-corrected chi connectivity index (χ0v) is 15.0. The molecule has 1 amide bonds. The van der Waals surface area contributed by atoms with Gasteiger partial charge in [-0.25, -0.2) is 13.8 Å². The average molecular weight is 372 g/mol. The number of anilines is 1. The Balaban J connectivity index is 1.84. The maximum atomic E-state index is 13.0. The largest absolute Gasteiger partial charge is 0.271 e. The molecule has 0 unspecified atom stereocenters. The van der Waals surface area contributed by atoms with Crippen LogP contribution in [0.4, 0.5) is 5.69 Å². The highest BCUT2D eigenvalue weighted by molar-refractivity contribution is 7.92. The van der Waals surface area contributed by atoms with E-state index in [0.717, 1.165) is 35.7 Å². The Morgan fingerprint density at radius 1 is 1.12 bits per heavy atom. The number of rotatable bonds is 6. The van der Waals surface area contributed by atoms with Crippen molar-refractivity contribution in [2.75, 3.05) is 10.8 Å². The molecule has 1 aromatic heterocycles. The average Bonchev–Trinajstić information content (AvgIpc) is 3.19. The lowest BCUT2D eigenvalue weighted by Crippen LogP contribution is -2.39. The number of carbonyl (C=O) groups is 1. The van der Waals surface area contributed by atoms with Crippen LogP contribution in [0.5, 0.6) is 0 Å². The Hall–Kier alpha value is -2.74. The maximum Gasteiger partial charge on any atom is 0.264 e. The summed E-state index contributed by atoms with van der Waals surface area (Å²) >= 11 is 0. The Morgan fingerprint density at radius 2 is 1.85 bits per heavy atom. The lowest BCUT2D eigenvalue weighted by Gasteiger charge is -2.23. The van der Waals surface area contributed by atoms with Crippen molar-refractivity contribution in [1.82, 2.24) is 10.4 Å². The van der Waals surface area contributed by atoms with Crippen LogP contribution in [0, 0.1) is 0 Å². The lowest BCUT2D eigenvalue weighted by molar-refractivity contribution is -0.119. The highest BCUT2D eigenvalue weighted by Gasteiger charge is 2.27. The Labute approximate surface area is 152 Å². The van der Waals surface area contributed by atoms with Crippen LogP contribution in [0.3, 0.4) is 0 Å². The first-order chi connectivity index (χ1) is 12.6. The summed E-state index contributed by atoms with van der Waals surface area (Å²) in [5.41, 5.74) is 3.73. The minimum atomic E-state index is -3.90. The molecular weight excluding hydrogens is 352 g/mol. The van der Waals surface area contributed by atoms with E-state index in [2.05, 4.69) is 15.5 Å². The van der Waals surface area contributed by atoms with Crippen LogP contribution in [0.15, 0.2) is 64.9 Å². The van der Waals surface area contributed by atoms with E-state index >= 15 is 0 Å². The molecular formula is C18H20N4O3S. The Morgan fingerprint density at radius 3 is 2.50 bits per heavy atom. The second-order valence-electron chi connectivity index (χ2n) is 5.96. The second kappa shape index (κ2) is 8.09. The summed E-state index contributed by atoms with van der Waals surface area (Å²) in [5, 5.41) is 4.10. The number of sulfonamides is 1. The van der Waals surface area contributed by atoms with Crippen LogP contribution in [-0.4, -0.2) is 31.6 Å². The van der Waals surface area contributed by atoms with Crippen molar-refractivity contribution >= 4 is 27.3 Å². The molecule has 136 valence electrons. The number of nitrogens with one attached hydrogen (secondary N) is 1. The van der Waals surface area contributed by atoms with Crippen LogP contribution >= 0.6 is 0 Å². The van der Waals surface area contributed by atoms with Gasteiger partial charge in [0, 0.05) is 11.9 Å². The second-order valence-corrected chi connectivity index (χ2v) is 7.82. The molecule has 1 saturated carbocycles. The number of hydrogen-bond acceptors (Lipinski definition) is 5. The molecule has 1 heterocycles. The smallest absolute Gasteiger partial charge is 0.264 e. The maximum absolute atomic E-state index is 13.0. The molecule has 2 aromatic rings. The fraction of sp³-hybridized carbons (Fsp3) is 0.278. The van der Waals surface area contributed by atoms with E-state index in [4.69, 9.17) is 0 Å². The minimum absolute atomic E-state index is 0.110. The van der Waals surface area contributed by atoms with Crippen molar-refractivity contribution in [3.05, 3.63) is 54.9 Å². The fourth-order valence-electron chi connectivity index (χ4n) is 2.74. The molecule has 0 saturated heterocycles. The summed E-state index contributed by atoms with van der Waals surface area (Å²) < 4.78 is 27.1. The molecule has 0 bridgehead atoms. The molecule has 0 radical (unpaired) electrons. The predicted octanol–water partition coefficient (Wildman–Crippen LogP) is 2.32. The number of amides is 1. The normalized spacial score (nSPS) is 14.1. The third-order valence-electron chi connectivity index (χ3n) is 4.07. The van der Waals surface area contributed by atoms with Crippen LogP contribution in [0.2, 0.25) is 0 Å². The third-order valence-corrected chi connectivity index (χ3v) is 5.86. The van der Waals surface area contributed by atoms with Crippen molar-refractivity contribution in [3.63, 3.8) is 0 Å². The standard InChI is InChI=1S/C18H20N4O3S/c23-18(21-20-15-7-4-5-8-15)14-22(16-9-6-12-19-13-16)26(24,25)17-10-2-1-3-11-17/h1-3,6,9-13H,4-5,7-8,14H2,(H,21,23). The highest BCUT2D eigenvalue weighted by atomic mass is 32.2. The van der Waals surface area contributed by atoms with Gasteiger partial charge in [0.05, 0.1) is 16.8 Å². The van der Waals surface area contributed by atoms with Gasteiger partial charge in [-0.15, -0.1) is 0 Å². The molecule has 7 nitrogen and oxygen atoms in total. The summed E-state index contributed by atoms with van der Waals surface area (Å²) in [7, 11) is -3.90. The Bertz CT molecular complexity index is 875. The van der Waals surface area contributed by atoms with Gasteiger partial charge in [-0.05, 0) is 49.9 Å². The van der Waals surface area contributed by atoms with Gasteiger partial charge in [-0.3, -0.25) is 14.1 Å². The van der Waals surface area contributed by atoms with Gasteiger partial charge in [0.1, 0.15) is 6.54 Å². The number of hydrazone groups is 1. The van der Waals surface area contributed by atoms with E-state index in [-0.39, 0.29) is 11.4 Å². The van der Waals surface area contributed by atoms with Crippen molar-refractivity contribution < 1.29 is 13.2 Å². The van der Waals surface area contributed by atoms with E-state index in [1.165, 1.54) is 18.3 Å². The van der Waals surface area contributed by atoms with Crippen molar-refractivity contribution in [1.29, 1.82) is 0 Å². The van der Waals surface area contributed by atoms with Crippen LogP contribution < -0.4 is 9.73 Å². The van der Waals surface area contributed by atoms with Crippen LogP contribution in [-0.2, 0) is 14.8 Å². The summed E-state index contributed by atoms with van der Waals surface area (Å²) in [5.74, 6) is -0.493. The first kappa shape index (κ1) is 18.1. The molecule has 1 aromatic carbocycles. The molecule has 1 aliphatic rings. The van der Waals surface area contributed by atoms with E-state index in [0.29, 0.717) is 5.69 Å². The van der Waals surface area contributed by atoms with Gasteiger partial charge >= 0.3 is 0 Å². The number of hydrogen-bond donors (Lipinski definition) is 1. The quantitative estimate of drug-likeness (QED) is 0.788. The van der Waals surface area contributed by atoms with Gasteiger partial charge in [0.15, 0.2) is 0 Å². The lowest BCUT2D eigenvalue weighted by atomic mass is 10.3. The predicted molar refractivity (Wildman–Crippen MR) is 99.3 cm³/mol. The minimum Gasteiger partial charge on any atom is -0.271 e. The van der Waals surface area contributed by atoms with E-state index < -0.39 is 15.9 Å². The number of pyridine rings is 1. The van der Waals surface area contributed by atoms with E-state index in [1.807, 2.05) is 0 Å². The summed E-state index contributed by atoms with van der Waals surface area (Å²) in [6.45, 7) is -0.375. The number of nitrogens with zero attached hydrogens (tertiary/aromatic N) is 3. The van der Waals surface area contributed by atoms with Gasteiger partial charge in [-0.1, -0.05) is 18.2 Å². The summed E-state index contributed by atoms with van der Waals surface area (Å²) in [6, 6.07) is 11.2. The molecule has 3 rings (SSSR count). The zero-order chi connectivity index (χ0) is 18.4. The highest BCUT2D eigenvalue weighted by Crippen LogP contribution is 2.22. The zero-order valence-electron chi connectivity index (χ0n) is 14.2. The fourth-order valence-corrected chi connectivity index (χ4v) is 4.17. The molecule has 1 N–H and O–H groups in total. The summed E-state index contributed by atoms with van der Waals surface area (Å²) in [6.07, 6.45) is 6.83. The first-order valence-electron chi connectivity index (χ1n) is 8.39. The van der Waals surface area contributed by atoms with Crippen LogP contribution in [0.25, 0.3) is 0 Å². The van der Waals surface area contributed by atoms with E-state index in [1.54, 1.807) is 36.5 Å². The molecule has 0 atom stereocenters. The molecule has 0 spiro atoms. The molecule has 8 heteroatoms. The molecule has 1 aliphatic carbocycles. The van der Waals surface area contributed by atoms with Crippen molar-refractivity contribution in [2.24, 2.45) is 5.10 Å². The number of benzene rings is 1. The van der Waals surface area contributed by atoms with Gasteiger partial charge in [0.2, 0.25) is 0 Å². The topological polar surface area (TPSA) is 91.7 Å². The monoisotopic (exact) mass is 372 g/mol. The third kappa shape index (κ3) is 4.26. The van der Waals surface area contributed by atoms with Gasteiger partial charge in [0.25, 0.3) is 15.9 Å².